The van der Waals surface area contributed by atoms with Crippen LogP contribution < -0.4 is 5.32 Å². The topological polar surface area (TPSA) is 99.1 Å². The fourth-order valence-electron chi connectivity index (χ4n) is 2.61. The number of carboxylic acids is 1. The van der Waals surface area contributed by atoms with Gasteiger partial charge in [-0.25, -0.2) is 9.59 Å². The Morgan fingerprint density at radius 3 is 2.79 bits per heavy atom. The summed E-state index contributed by atoms with van der Waals surface area (Å²) < 4.78 is 5.26. The molecule has 2 amide bonds. The number of hydrogen-bond donors (Lipinski definition) is 3. The van der Waals surface area contributed by atoms with Gasteiger partial charge in [0.1, 0.15) is 6.04 Å². The average Bonchev–Trinajstić information content (AvgIpc) is 2.96. The van der Waals surface area contributed by atoms with Gasteiger partial charge < -0.3 is 25.2 Å². The van der Waals surface area contributed by atoms with Crippen LogP contribution in [0.15, 0.2) is 0 Å². The first-order valence-corrected chi connectivity index (χ1v) is 6.54. The molecule has 19 heavy (non-hydrogen) atoms. The molecule has 0 aromatic rings. The number of carbonyl (C=O) groups excluding carboxylic acids is 1. The number of aliphatic hydroxyl groups excluding tert-OH is 1. The van der Waals surface area contributed by atoms with Gasteiger partial charge in [0.2, 0.25) is 0 Å². The van der Waals surface area contributed by atoms with Crippen LogP contribution in [0, 0.1) is 5.92 Å². The number of carboxylic acid groups (broad SMARTS) is 1. The number of nitrogens with one attached hydrogen (secondary N) is 1. The Labute approximate surface area is 111 Å². The number of β-amino-alcohol motifs (C(OH)–C–C–N with tert-alkyl or cyclic N) is 1. The van der Waals surface area contributed by atoms with Crippen LogP contribution in [0.25, 0.3) is 0 Å². The first kappa shape index (κ1) is 14.1. The van der Waals surface area contributed by atoms with E-state index in [1.165, 1.54) is 4.90 Å². The zero-order chi connectivity index (χ0) is 14.0. The molecule has 0 saturated carbocycles. The Hall–Kier alpha value is -1.34. The van der Waals surface area contributed by atoms with Gasteiger partial charge in [-0.2, -0.15) is 0 Å². The van der Waals surface area contributed by atoms with Crippen LogP contribution in [-0.4, -0.2) is 65.1 Å². The first-order chi connectivity index (χ1) is 8.99. The molecule has 2 fully saturated rings. The molecule has 0 aliphatic carbocycles. The summed E-state index contributed by atoms with van der Waals surface area (Å²) in [4.78, 5) is 24.3. The van der Waals surface area contributed by atoms with E-state index in [4.69, 9.17) is 9.84 Å². The van der Waals surface area contributed by atoms with Crippen molar-refractivity contribution in [3.05, 3.63) is 0 Å². The minimum absolute atomic E-state index is 0.0662. The lowest BCUT2D eigenvalue weighted by Crippen LogP contribution is -2.50. The predicted octanol–water partition coefficient (Wildman–Crippen LogP) is -0.359. The third-order valence-electron chi connectivity index (χ3n) is 3.85. The molecule has 2 rings (SSSR count). The van der Waals surface area contributed by atoms with E-state index in [1.54, 1.807) is 0 Å². The molecular weight excluding hydrogens is 252 g/mol. The monoisotopic (exact) mass is 272 g/mol. The van der Waals surface area contributed by atoms with Crippen LogP contribution in [-0.2, 0) is 9.53 Å². The zero-order valence-electron chi connectivity index (χ0n) is 10.9. The molecule has 0 aromatic carbocycles. The van der Waals surface area contributed by atoms with Gasteiger partial charge in [-0.05, 0) is 13.3 Å². The molecule has 4 atom stereocenters. The van der Waals surface area contributed by atoms with Gasteiger partial charge >= 0.3 is 12.0 Å². The van der Waals surface area contributed by atoms with E-state index in [0.29, 0.717) is 13.2 Å². The molecule has 2 aliphatic rings. The molecule has 108 valence electrons. The maximum atomic E-state index is 12.1. The quantitative estimate of drug-likeness (QED) is 0.651. The summed E-state index contributed by atoms with van der Waals surface area (Å²) in [5, 5.41) is 21.4. The van der Waals surface area contributed by atoms with Crippen LogP contribution in [0.5, 0.6) is 0 Å². The predicted molar refractivity (Wildman–Crippen MR) is 65.7 cm³/mol. The highest BCUT2D eigenvalue weighted by Crippen LogP contribution is 2.20. The number of nitrogens with zero attached hydrogens (tertiary/aromatic N) is 1. The van der Waals surface area contributed by atoms with E-state index in [1.807, 2.05) is 6.92 Å². The lowest BCUT2D eigenvalue weighted by molar-refractivity contribution is -0.141. The summed E-state index contributed by atoms with van der Waals surface area (Å²) >= 11 is 0. The molecule has 0 bridgehead atoms. The van der Waals surface area contributed by atoms with Crippen molar-refractivity contribution in [1.82, 2.24) is 10.2 Å². The summed E-state index contributed by atoms with van der Waals surface area (Å²) in [6, 6.07) is -1.44. The molecule has 2 heterocycles. The minimum Gasteiger partial charge on any atom is -0.480 e. The van der Waals surface area contributed by atoms with Crippen molar-refractivity contribution in [1.29, 1.82) is 0 Å². The number of carbonyl (C=O) groups is 2. The van der Waals surface area contributed by atoms with Crippen molar-refractivity contribution in [2.75, 3.05) is 19.8 Å². The minimum atomic E-state index is -1.08. The molecule has 0 aromatic heterocycles. The zero-order valence-corrected chi connectivity index (χ0v) is 10.9. The number of hydrogen-bond acceptors (Lipinski definition) is 4. The Bertz CT molecular complexity index is 356. The third kappa shape index (κ3) is 3.16. The smallest absolute Gasteiger partial charge is 0.326 e. The molecule has 0 spiro atoms. The highest BCUT2D eigenvalue weighted by Gasteiger charge is 2.39. The van der Waals surface area contributed by atoms with Gasteiger partial charge in [0.25, 0.3) is 0 Å². The second-order valence-electron chi connectivity index (χ2n) is 5.26. The number of rotatable bonds is 3. The average molecular weight is 272 g/mol. The highest BCUT2D eigenvalue weighted by molar-refractivity contribution is 5.83. The summed E-state index contributed by atoms with van der Waals surface area (Å²) in [5.74, 6) is -0.816. The van der Waals surface area contributed by atoms with E-state index in [9.17, 15) is 14.7 Å². The van der Waals surface area contributed by atoms with Gasteiger partial charge in [0, 0.05) is 31.5 Å². The summed E-state index contributed by atoms with van der Waals surface area (Å²) in [6.45, 7) is 3.27. The van der Waals surface area contributed by atoms with E-state index in [-0.39, 0.29) is 24.9 Å². The van der Waals surface area contributed by atoms with Crippen LogP contribution in [0.3, 0.4) is 0 Å². The summed E-state index contributed by atoms with van der Waals surface area (Å²) in [7, 11) is 0. The molecule has 2 saturated heterocycles. The SMILES string of the molecule is CC(NC(=O)N1C[C@H](O)C[C@@H]1C(=O)O)C1CCOC1. The number of likely N-dealkylation sites (tertiary alicyclic amines) is 1. The van der Waals surface area contributed by atoms with Gasteiger partial charge in [-0.3, -0.25) is 0 Å². The fraction of sp³-hybridized carbons (Fsp3) is 0.833. The number of ether oxygens (including phenoxy) is 1. The molecule has 2 aliphatic heterocycles. The Balaban J connectivity index is 1.92. The van der Waals surface area contributed by atoms with Gasteiger partial charge in [0.05, 0.1) is 12.7 Å². The van der Waals surface area contributed by atoms with Crippen molar-refractivity contribution in [2.24, 2.45) is 5.92 Å². The highest BCUT2D eigenvalue weighted by atomic mass is 16.5. The van der Waals surface area contributed by atoms with Crippen molar-refractivity contribution in [3.63, 3.8) is 0 Å². The number of amides is 2. The maximum absolute atomic E-state index is 12.1. The van der Waals surface area contributed by atoms with Crippen molar-refractivity contribution < 1.29 is 24.5 Å². The van der Waals surface area contributed by atoms with Gasteiger partial charge in [0.15, 0.2) is 0 Å². The lowest BCUT2D eigenvalue weighted by Gasteiger charge is -2.26. The Morgan fingerprint density at radius 2 is 2.21 bits per heavy atom. The van der Waals surface area contributed by atoms with Crippen molar-refractivity contribution >= 4 is 12.0 Å². The van der Waals surface area contributed by atoms with Crippen LogP contribution in [0.4, 0.5) is 4.79 Å². The number of urea groups is 1. The van der Waals surface area contributed by atoms with E-state index < -0.39 is 24.1 Å². The van der Waals surface area contributed by atoms with Crippen LogP contribution >= 0.6 is 0 Å². The molecule has 7 heteroatoms. The molecule has 0 radical (unpaired) electrons. The van der Waals surface area contributed by atoms with Crippen molar-refractivity contribution in [2.45, 2.75) is 38.0 Å². The fourth-order valence-corrected chi connectivity index (χ4v) is 2.61. The van der Waals surface area contributed by atoms with E-state index >= 15 is 0 Å². The molecule has 7 nitrogen and oxygen atoms in total. The Morgan fingerprint density at radius 1 is 1.47 bits per heavy atom. The lowest BCUT2D eigenvalue weighted by atomic mass is 10.0. The van der Waals surface area contributed by atoms with Gasteiger partial charge in [-0.15, -0.1) is 0 Å². The van der Waals surface area contributed by atoms with E-state index in [2.05, 4.69) is 5.32 Å². The second kappa shape index (κ2) is 5.75. The maximum Gasteiger partial charge on any atom is 0.326 e. The molecule has 2 unspecified atom stereocenters. The molecular formula is C12H20N2O5. The van der Waals surface area contributed by atoms with E-state index in [0.717, 1.165) is 6.42 Å². The normalized spacial score (nSPS) is 32.3. The van der Waals surface area contributed by atoms with Gasteiger partial charge in [-0.1, -0.05) is 0 Å². The van der Waals surface area contributed by atoms with Crippen LogP contribution in [0.2, 0.25) is 0 Å². The Kier molecular flexibility index (Phi) is 4.26. The first-order valence-electron chi connectivity index (χ1n) is 6.54. The number of aliphatic hydroxyl groups is 1. The second-order valence-corrected chi connectivity index (χ2v) is 5.26. The van der Waals surface area contributed by atoms with Crippen LogP contribution in [0.1, 0.15) is 19.8 Å². The molecule has 3 N–H and O–H groups in total. The number of aliphatic carboxylic acids is 1. The standard InChI is InChI=1S/C12H20N2O5/c1-7(8-2-3-19-6-8)13-12(18)14-5-9(15)4-10(14)11(16)17/h7-10,15H,2-6H2,1H3,(H,13,18)(H,16,17)/t7?,8?,9-,10-/m1/s1. The summed E-state index contributed by atoms with van der Waals surface area (Å²) in [6.07, 6.45) is 0.216. The third-order valence-corrected chi connectivity index (χ3v) is 3.85. The largest absolute Gasteiger partial charge is 0.480 e. The van der Waals surface area contributed by atoms with Crippen molar-refractivity contribution in [3.8, 4) is 0 Å². The summed E-state index contributed by atoms with van der Waals surface area (Å²) in [5.41, 5.74) is 0.